The summed E-state index contributed by atoms with van der Waals surface area (Å²) in [5.41, 5.74) is 0.000793. The van der Waals surface area contributed by atoms with Gasteiger partial charge in [0, 0.05) is 12.5 Å². The monoisotopic (exact) mass is 247 g/mol. The Kier molecular flexibility index (Phi) is 6.09. The lowest BCUT2D eigenvalue weighted by molar-refractivity contribution is 0.0156. The summed E-state index contributed by atoms with van der Waals surface area (Å²) < 4.78 is 5.39. The summed E-state index contributed by atoms with van der Waals surface area (Å²) in [5.74, 6) is 0.834. The van der Waals surface area contributed by atoms with Crippen LogP contribution in [0.1, 0.15) is 46.0 Å². The van der Waals surface area contributed by atoms with Gasteiger partial charge in [-0.05, 0) is 65.0 Å². The van der Waals surface area contributed by atoms with Crippen molar-refractivity contribution in [3.63, 3.8) is 0 Å². The van der Waals surface area contributed by atoms with Gasteiger partial charge in [0.05, 0.1) is 5.60 Å². The quantitative estimate of drug-likeness (QED) is 0.575. The molecule has 0 unspecified atom stereocenters. The van der Waals surface area contributed by atoms with E-state index in [0.717, 1.165) is 25.4 Å². The fourth-order valence-corrected chi connectivity index (χ4v) is 2.38. The highest BCUT2D eigenvalue weighted by Gasteiger charge is 2.19. The highest BCUT2D eigenvalue weighted by Crippen LogP contribution is 2.26. The molecular weight excluding hydrogens is 222 g/mol. The van der Waals surface area contributed by atoms with Crippen molar-refractivity contribution in [2.75, 3.05) is 20.2 Å². The normalized spacial score (nSPS) is 27.0. The van der Waals surface area contributed by atoms with Crippen molar-refractivity contribution in [2.24, 2.45) is 5.92 Å². The molecule has 0 aromatic carbocycles. The highest BCUT2D eigenvalue weighted by molar-refractivity contribution is 6.20. The van der Waals surface area contributed by atoms with Crippen molar-refractivity contribution in [3.8, 4) is 0 Å². The molecule has 0 heterocycles. The van der Waals surface area contributed by atoms with Gasteiger partial charge in [0.25, 0.3) is 0 Å². The van der Waals surface area contributed by atoms with Gasteiger partial charge in [-0.2, -0.15) is 0 Å². The average molecular weight is 248 g/mol. The van der Waals surface area contributed by atoms with E-state index in [1.54, 1.807) is 7.11 Å². The van der Waals surface area contributed by atoms with E-state index in [9.17, 15) is 0 Å². The summed E-state index contributed by atoms with van der Waals surface area (Å²) in [5, 5.41) is 3.97. The van der Waals surface area contributed by atoms with Gasteiger partial charge in [0.15, 0.2) is 0 Å². The van der Waals surface area contributed by atoms with Gasteiger partial charge in [-0.25, -0.2) is 0 Å². The Morgan fingerprint density at radius 3 is 2.44 bits per heavy atom. The molecule has 16 heavy (non-hydrogen) atoms. The third kappa shape index (κ3) is 5.51. The first-order valence-corrected chi connectivity index (χ1v) is 6.87. The van der Waals surface area contributed by atoms with Crippen LogP contribution >= 0.6 is 11.6 Å². The number of ether oxygens (including phenoxy) is 1. The number of alkyl halides is 1. The molecule has 3 heteroatoms. The van der Waals surface area contributed by atoms with E-state index in [-0.39, 0.29) is 5.60 Å². The minimum Gasteiger partial charge on any atom is -0.379 e. The molecule has 0 aromatic rings. The summed E-state index contributed by atoms with van der Waals surface area (Å²) in [7, 11) is 1.78. The smallest absolute Gasteiger partial charge is 0.0634 e. The average Bonchev–Trinajstić information content (AvgIpc) is 2.27. The molecule has 0 radical (unpaired) electrons. The molecule has 0 saturated heterocycles. The van der Waals surface area contributed by atoms with Crippen molar-refractivity contribution >= 4 is 11.6 Å². The van der Waals surface area contributed by atoms with Gasteiger partial charge in [-0.15, -0.1) is 11.6 Å². The molecule has 0 bridgehead atoms. The number of halogens is 1. The van der Waals surface area contributed by atoms with E-state index in [1.807, 2.05) is 0 Å². The Labute approximate surface area is 105 Å². The second-order valence-electron chi connectivity index (χ2n) is 5.54. The molecule has 96 valence electrons. The van der Waals surface area contributed by atoms with Crippen LogP contribution in [0.2, 0.25) is 0 Å². The summed E-state index contributed by atoms with van der Waals surface area (Å²) in [4.78, 5) is 0. The van der Waals surface area contributed by atoms with Crippen LogP contribution < -0.4 is 5.32 Å². The van der Waals surface area contributed by atoms with Crippen molar-refractivity contribution in [3.05, 3.63) is 0 Å². The summed E-state index contributed by atoms with van der Waals surface area (Å²) in [6.07, 6.45) is 6.02. The van der Waals surface area contributed by atoms with Crippen molar-refractivity contribution < 1.29 is 4.74 Å². The Morgan fingerprint density at radius 1 is 1.25 bits per heavy atom. The van der Waals surface area contributed by atoms with Crippen molar-refractivity contribution in [1.29, 1.82) is 0 Å². The lowest BCUT2D eigenvalue weighted by Gasteiger charge is -2.26. The Bertz CT molecular complexity index is 188. The number of hydrogen-bond donors (Lipinski definition) is 1. The standard InChI is InChI=1S/C13H26ClNO/c1-13(2,16-3)8-9-15-10-11-4-6-12(14)7-5-11/h11-12,15H,4-10H2,1-3H3. The van der Waals surface area contributed by atoms with Crippen LogP contribution in [0.25, 0.3) is 0 Å². The summed E-state index contributed by atoms with van der Waals surface area (Å²) >= 11 is 6.08. The van der Waals surface area contributed by atoms with Gasteiger partial charge < -0.3 is 10.1 Å². The molecular formula is C13H26ClNO. The fourth-order valence-electron chi connectivity index (χ4n) is 2.12. The van der Waals surface area contributed by atoms with E-state index in [4.69, 9.17) is 16.3 Å². The molecule has 1 rings (SSSR count). The maximum Gasteiger partial charge on any atom is 0.0634 e. The second-order valence-corrected chi connectivity index (χ2v) is 6.15. The predicted molar refractivity (Wildman–Crippen MR) is 70.2 cm³/mol. The molecule has 1 saturated carbocycles. The lowest BCUT2D eigenvalue weighted by Crippen LogP contribution is -2.32. The molecule has 2 nitrogen and oxygen atoms in total. The molecule has 1 fully saturated rings. The van der Waals surface area contributed by atoms with Crippen LogP contribution in [0.4, 0.5) is 0 Å². The summed E-state index contributed by atoms with van der Waals surface area (Å²) in [6, 6.07) is 0. The van der Waals surface area contributed by atoms with Gasteiger partial charge in [-0.1, -0.05) is 0 Å². The molecule has 1 aliphatic rings. The Balaban J connectivity index is 2.03. The topological polar surface area (TPSA) is 21.3 Å². The van der Waals surface area contributed by atoms with Crippen LogP contribution in [-0.2, 0) is 4.74 Å². The molecule has 0 amide bonds. The van der Waals surface area contributed by atoms with Crippen LogP contribution in [-0.4, -0.2) is 31.2 Å². The number of methoxy groups -OCH3 is 1. The molecule has 0 aliphatic heterocycles. The summed E-state index contributed by atoms with van der Waals surface area (Å²) in [6.45, 7) is 6.45. The minimum atomic E-state index is 0.000793. The van der Waals surface area contributed by atoms with Crippen LogP contribution in [0.3, 0.4) is 0 Å². The van der Waals surface area contributed by atoms with E-state index in [1.165, 1.54) is 25.7 Å². The first-order valence-electron chi connectivity index (χ1n) is 6.43. The largest absolute Gasteiger partial charge is 0.379 e. The van der Waals surface area contributed by atoms with Crippen molar-refractivity contribution in [2.45, 2.75) is 56.9 Å². The van der Waals surface area contributed by atoms with Gasteiger partial charge in [0.1, 0.15) is 0 Å². The minimum absolute atomic E-state index is 0.000793. The Hall–Kier alpha value is 0.210. The van der Waals surface area contributed by atoms with Gasteiger partial charge >= 0.3 is 0 Å². The molecule has 1 aliphatic carbocycles. The van der Waals surface area contributed by atoms with Gasteiger partial charge in [0.2, 0.25) is 0 Å². The van der Waals surface area contributed by atoms with Crippen LogP contribution in [0.5, 0.6) is 0 Å². The third-order valence-corrected chi connectivity index (χ3v) is 4.10. The lowest BCUT2D eigenvalue weighted by atomic mass is 9.89. The van der Waals surface area contributed by atoms with Crippen LogP contribution in [0.15, 0.2) is 0 Å². The third-order valence-electron chi connectivity index (χ3n) is 3.67. The van der Waals surface area contributed by atoms with Crippen molar-refractivity contribution in [1.82, 2.24) is 5.32 Å². The Morgan fingerprint density at radius 2 is 1.88 bits per heavy atom. The SMILES string of the molecule is COC(C)(C)CCNCC1CCC(Cl)CC1. The van der Waals surface area contributed by atoms with E-state index < -0.39 is 0 Å². The molecule has 1 N–H and O–H groups in total. The maximum absolute atomic E-state index is 6.08. The number of hydrogen-bond acceptors (Lipinski definition) is 2. The first-order chi connectivity index (χ1) is 7.53. The second kappa shape index (κ2) is 6.83. The zero-order chi connectivity index (χ0) is 12.0. The molecule has 0 spiro atoms. The number of rotatable bonds is 6. The van der Waals surface area contributed by atoms with E-state index in [2.05, 4.69) is 19.2 Å². The molecule has 0 atom stereocenters. The zero-order valence-corrected chi connectivity index (χ0v) is 11.6. The van der Waals surface area contributed by atoms with E-state index >= 15 is 0 Å². The fraction of sp³-hybridized carbons (Fsp3) is 1.00. The highest BCUT2D eigenvalue weighted by atomic mass is 35.5. The zero-order valence-electron chi connectivity index (χ0n) is 10.9. The first kappa shape index (κ1) is 14.3. The van der Waals surface area contributed by atoms with Crippen LogP contribution in [0, 0.1) is 5.92 Å². The predicted octanol–water partition coefficient (Wildman–Crippen LogP) is 3.19. The van der Waals surface area contributed by atoms with E-state index in [0.29, 0.717) is 5.38 Å². The molecule has 0 aromatic heterocycles. The van der Waals surface area contributed by atoms with Gasteiger partial charge in [-0.3, -0.25) is 0 Å². The maximum atomic E-state index is 6.08. The number of nitrogens with one attached hydrogen (secondary N) is 1.